The summed E-state index contributed by atoms with van der Waals surface area (Å²) in [5.41, 5.74) is 21.6. The van der Waals surface area contributed by atoms with E-state index in [2.05, 4.69) is 10.6 Å². The zero-order valence-electron chi connectivity index (χ0n) is 19.0. The highest BCUT2D eigenvalue weighted by Crippen LogP contribution is 2.20. The van der Waals surface area contributed by atoms with E-state index in [1.54, 1.807) is 0 Å². The Morgan fingerprint density at radius 3 is 2.21 bits per heavy atom. The fourth-order valence-electron chi connectivity index (χ4n) is 3.63. The number of amides is 5. The quantitative estimate of drug-likeness (QED) is 0.114. The van der Waals surface area contributed by atoms with Crippen LogP contribution in [0, 0.1) is 0 Å². The van der Waals surface area contributed by atoms with Crippen molar-refractivity contribution in [3.05, 3.63) is 0 Å². The smallest absolute Gasteiger partial charge is 0.326 e. The molecule has 0 aliphatic carbocycles. The number of nitrogens with one attached hydrogen (secondary N) is 2. The van der Waals surface area contributed by atoms with Gasteiger partial charge in [0.1, 0.15) is 18.1 Å². The highest BCUT2D eigenvalue weighted by Gasteiger charge is 2.39. The summed E-state index contributed by atoms with van der Waals surface area (Å²) in [4.78, 5) is 73.4. The van der Waals surface area contributed by atoms with Crippen molar-refractivity contribution in [3.8, 4) is 0 Å². The van der Waals surface area contributed by atoms with Gasteiger partial charge in [-0.05, 0) is 38.6 Å². The average molecular weight is 486 g/mol. The van der Waals surface area contributed by atoms with Crippen molar-refractivity contribution >= 4 is 35.5 Å². The van der Waals surface area contributed by atoms with Gasteiger partial charge in [0.25, 0.3) is 0 Å². The maximum atomic E-state index is 13.1. The molecule has 14 nitrogen and oxygen atoms in total. The van der Waals surface area contributed by atoms with Gasteiger partial charge in [0.05, 0.1) is 12.5 Å². The van der Waals surface area contributed by atoms with E-state index < -0.39 is 66.1 Å². The van der Waals surface area contributed by atoms with Gasteiger partial charge in [-0.2, -0.15) is 0 Å². The molecule has 1 aliphatic heterocycles. The number of hydrogen-bond acceptors (Lipinski definition) is 8. The number of unbranched alkanes of at least 4 members (excludes halogenated alkanes) is 1. The molecule has 0 radical (unpaired) electrons. The van der Waals surface area contributed by atoms with E-state index in [-0.39, 0.29) is 25.8 Å². The summed E-state index contributed by atoms with van der Waals surface area (Å²) in [5.74, 6) is -4.99. The molecule has 0 spiro atoms. The third-order valence-corrected chi connectivity index (χ3v) is 5.46. The standard InChI is InChI=1S/C20H35N7O7/c21-8-2-1-4-11(22)17(30)26-13(10-16(24)29)19(32)27-9-3-5-14(27)18(31)25-12(20(33)34)6-7-15(23)28/h11-14H,1-10,21-22H2,(H2,23,28)(H2,24,29)(H,25,31)(H,26,30)(H,33,34). The van der Waals surface area contributed by atoms with E-state index in [0.29, 0.717) is 32.2 Å². The lowest BCUT2D eigenvalue weighted by atomic mass is 10.1. The molecule has 1 fully saturated rings. The van der Waals surface area contributed by atoms with E-state index in [4.69, 9.17) is 22.9 Å². The van der Waals surface area contributed by atoms with Crippen molar-refractivity contribution in [3.63, 3.8) is 0 Å². The van der Waals surface area contributed by atoms with Crippen LogP contribution in [0.4, 0.5) is 0 Å². The number of primary amides is 2. The van der Waals surface area contributed by atoms with Gasteiger partial charge in [0, 0.05) is 13.0 Å². The van der Waals surface area contributed by atoms with Gasteiger partial charge in [-0.1, -0.05) is 6.42 Å². The molecule has 1 aliphatic rings. The number of rotatable bonds is 15. The molecule has 11 N–H and O–H groups in total. The van der Waals surface area contributed by atoms with Gasteiger partial charge in [-0.3, -0.25) is 24.0 Å². The monoisotopic (exact) mass is 485 g/mol. The molecule has 4 unspecified atom stereocenters. The Labute approximate surface area is 197 Å². The van der Waals surface area contributed by atoms with Gasteiger partial charge in [-0.25, -0.2) is 4.79 Å². The van der Waals surface area contributed by atoms with Crippen molar-refractivity contribution in [1.82, 2.24) is 15.5 Å². The summed E-state index contributed by atoms with van der Waals surface area (Å²) in [6, 6.07) is -4.64. The Hall–Kier alpha value is -3.26. The highest BCUT2D eigenvalue weighted by atomic mass is 16.4. The molecule has 1 rings (SSSR count). The summed E-state index contributed by atoms with van der Waals surface area (Å²) in [6.45, 7) is 0.602. The molecule has 0 aromatic rings. The number of nitrogens with two attached hydrogens (primary N) is 4. The van der Waals surface area contributed by atoms with Crippen LogP contribution < -0.4 is 33.6 Å². The van der Waals surface area contributed by atoms with Gasteiger partial charge in [-0.15, -0.1) is 0 Å². The van der Waals surface area contributed by atoms with Crippen LogP contribution in [0.1, 0.15) is 51.4 Å². The van der Waals surface area contributed by atoms with E-state index in [1.807, 2.05) is 0 Å². The minimum absolute atomic E-state index is 0.156. The average Bonchev–Trinajstić information content (AvgIpc) is 3.24. The van der Waals surface area contributed by atoms with E-state index in [9.17, 15) is 33.9 Å². The van der Waals surface area contributed by atoms with Crippen molar-refractivity contribution in [1.29, 1.82) is 0 Å². The van der Waals surface area contributed by atoms with E-state index in [0.717, 1.165) is 0 Å². The van der Waals surface area contributed by atoms with Crippen LogP contribution in [-0.2, 0) is 28.8 Å². The van der Waals surface area contributed by atoms with Crippen LogP contribution in [0.2, 0.25) is 0 Å². The van der Waals surface area contributed by atoms with E-state index >= 15 is 0 Å². The molecule has 0 aromatic heterocycles. The second-order valence-corrected chi connectivity index (χ2v) is 8.22. The summed E-state index contributed by atoms with van der Waals surface area (Å²) in [7, 11) is 0. The minimum Gasteiger partial charge on any atom is -0.480 e. The molecule has 14 heteroatoms. The number of carbonyl (C=O) groups excluding carboxylic acids is 5. The van der Waals surface area contributed by atoms with Crippen LogP contribution in [0.25, 0.3) is 0 Å². The second kappa shape index (κ2) is 14.1. The highest BCUT2D eigenvalue weighted by molar-refractivity contribution is 5.96. The predicted molar refractivity (Wildman–Crippen MR) is 119 cm³/mol. The van der Waals surface area contributed by atoms with Crippen LogP contribution >= 0.6 is 0 Å². The largest absolute Gasteiger partial charge is 0.480 e. The molecule has 192 valence electrons. The third kappa shape index (κ3) is 9.31. The number of carboxylic acids is 1. The van der Waals surface area contributed by atoms with Gasteiger partial charge >= 0.3 is 5.97 Å². The number of carbonyl (C=O) groups is 6. The maximum Gasteiger partial charge on any atom is 0.326 e. The summed E-state index contributed by atoms with van der Waals surface area (Å²) in [6.07, 6.45) is 1.34. The predicted octanol–water partition coefficient (Wildman–Crippen LogP) is -3.37. The second-order valence-electron chi connectivity index (χ2n) is 8.22. The Morgan fingerprint density at radius 2 is 1.65 bits per heavy atom. The van der Waals surface area contributed by atoms with E-state index in [1.165, 1.54) is 4.90 Å². The fraction of sp³-hybridized carbons (Fsp3) is 0.700. The normalized spacial score (nSPS) is 17.9. The Morgan fingerprint density at radius 1 is 0.971 bits per heavy atom. The van der Waals surface area contributed by atoms with Crippen LogP contribution in [0.3, 0.4) is 0 Å². The lowest BCUT2D eigenvalue weighted by molar-refractivity contribution is -0.145. The topological polar surface area (TPSA) is 254 Å². The lowest BCUT2D eigenvalue weighted by Gasteiger charge is -2.29. The zero-order valence-corrected chi connectivity index (χ0v) is 19.0. The molecule has 5 amide bonds. The first-order chi connectivity index (χ1) is 16.0. The first kappa shape index (κ1) is 28.8. The Bertz CT molecular complexity index is 776. The molecular weight excluding hydrogens is 450 g/mol. The Kier molecular flexibility index (Phi) is 11.9. The molecule has 34 heavy (non-hydrogen) atoms. The fourth-order valence-corrected chi connectivity index (χ4v) is 3.63. The summed E-state index contributed by atoms with van der Waals surface area (Å²) < 4.78 is 0. The molecule has 1 saturated heterocycles. The van der Waals surface area contributed by atoms with Crippen LogP contribution in [-0.4, -0.2) is 82.8 Å². The van der Waals surface area contributed by atoms with Gasteiger partial charge < -0.3 is 43.6 Å². The van der Waals surface area contributed by atoms with Crippen LogP contribution in [0.5, 0.6) is 0 Å². The van der Waals surface area contributed by atoms with Crippen molar-refractivity contribution in [2.24, 2.45) is 22.9 Å². The van der Waals surface area contributed by atoms with Crippen molar-refractivity contribution < 1.29 is 33.9 Å². The molecule has 0 saturated carbocycles. The number of aliphatic carboxylic acids is 1. The van der Waals surface area contributed by atoms with Crippen molar-refractivity contribution in [2.75, 3.05) is 13.1 Å². The number of nitrogens with zero attached hydrogens (tertiary/aromatic N) is 1. The Balaban J connectivity index is 2.90. The lowest BCUT2D eigenvalue weighted by Crippen LogP contribution is -2.57. The van der Waals surface area contributed by atoms with Crippen molar-refractivity contribution in [2.45, 2.75) is 75.5 Å². The van der Waals surface area contributed by atoms with Gasteiger partial charge in [0.15, 0.2) is 0 Å². The molecule has 1 heterocycles. The number of hydrogen-bond donors (Lipinski definition) is 7. The maximum absolute atomic E-state index is 13.1. The third-order valence-electron chi connectivity index (χ3n) is 5.46. The van der Waals surface area contributed by atoms with Gasteiger partial charge in [0.2, 0.25) is 29.5 Å². The zero-order chi connectivity index (χ0) is 25.8. The SMILES string of the molecule is NCCCCC(N)C(=O)NC(CC(N)=O)C(=O)N1CCCC1C(=O)NC(CCC(N)=O)C(=O)O. The van der Waals surface area contributed by atoms with Crippen LogP contribution in [0.15, 0.2) is 0 Å². The molecule has 0 aromatic carbocycles. The number of likely N-dealkylation sites (tertiary alicyclic amines) is 1. The molecular formula is C20H35N7O7. The first-order valence-electron chi connectivity index (χ1n) is 11.1. The molecule has 4 atom stereocenters. The molecule has 0 bridgehead atoms. The summed E-state index contributed by atoms with van der Waals surface area (Å²) >= 11 is 0. The minimum atomic E-state index is -1.37. The first-order valence-corrected chi connectivity index (χ1v) is 11.1. The number of carboxylic acid groups (broad SMARTS) is 1. The summed E-state index contributed by atoms with van der Waals surface area (Å²) in [5, 5.41) is 14.1.